The summed E-state index contributed by atoms with van der Waals surface area (Å²) in [5.41, 5.74) is 1.92. The average molecular weight is 286 g/mol. The summed E-state index contributed by atoms with van der Waals surface area (Å²) in [6, 6.07) is 5.34. The van der Waals surface area contributed by atoms with Crippen LogP contribution in [0.5, 0.6) is 0 Å². The van der Waals surface area contributed by atoms with Crippen LogP contribution in [0.1, 0.15) is 46.1 Å². The highest BCUT2D eigenvalue weighted by molar-refractivity contribution is 6.30. The minimum absolute atomic E-state index is 0.115. The van der Waals surface area contributed by atoms with Crippen molar-refractivity contribution in [2.45, 2.75) is 46.6 Å². The highest BCUT2D eigenvalue weighted by Gasteiger charge is 2.14. The van der Waals surface area contributed by atoms with Crippen molar-refractivity contribution < 1.29 is 4.39 Å². The highest BCUT2D eigenvalue weighted by atomic mass is 35.5. The summed E-state index contributed by atoms with van der Waals surface area (Å²) in [7, 11) is 0. The van der Waals surface area contributed by atoms with Gasteiger partial charge in [-0.05, 0) is 24.6 Å². The summed E-state index contributed by atoms with van der Waals surface area (Å²) in [6.07, 6.45) is 0. The molecule has 0 saturated carbocycles. The van der Waals surface area contributed by atoms with Crippen LogP contribution in [0.2, 0.25) is 5.02 Å². The van der Waals surface area contributed by atoms with E-state index in [0.29, 0.717) is 6.04 Å². The van der Waals surface area contributed by atoms with Gasteiger partial charge in [-0.1, -0.05) is 57.5 Å². The lowest BCUT2D eigenvalue weighted by atomic mass is 9.92. The Hall–Kier alpha value is -0.860. The molecule has 1 aromatic rings. The van der Waals surface area contributed by atoms with Crippen molar-refractivity contribution >= 4 is 11.6 Å². The van der Waals surface area contributed by atoms with Crippen molar-refractivity contribution in [3.8, 4) is 0 Å². The monoisotopic (exact) mass is 285 g/mol. The molecule has 0 aliphatic carbocycles. The van der Waals surface area contributed by atoms with Gasteiger partial charge in [0, 0.05) is 18.5 Å². The summed E-state index contributed by atoms with van der Waals surface area (Å²) < 4.78 is 13.4. The van der Waals surface area contributed by atoms with Crippen LogP contribution in [0.3, 0.4) is 0 Å². The average Bonchev–Trinajstić information content (AvgIpc) is 2.35. The molecule has 0 radical (unpaired) electrons. The van der Waals surface area contributed by atoms with Gasteiger partial charge in [0.1, 0.15) is 5.82 Å². The molecule has 108 valence electrons. The van der Waals surface area contributed by atoms with Gasteiger partial charge in [-0.15, -0.1) is 0 Å². The minimum atomic E-state index is -0.375. The minimum Gasteiger partial charge on any atom is -0.314 e. The van der Waals surface area contributed by atoms with Crippen molar-refractivity contribution in [2.75, 3.05) is 6.54 Å². The van der Waals surface area contributed by atoms with Crippen LogP contribution in [-0.2, 0) is 0 Å². The highest BCUT2D eigenvalue weighted by Crippen LogP contribution is 2.25. The fourth-order valence-corrected chi connectivity index (χ4v) is 1.78. The van der Waals surface area contributed by atoms with E-state index >= 15 is 0 Å². The number of rotatable bonds is 5. The van der Waals surface area contributed by atoms with Gasteiger partial charge in [0.2, 0.25) is 0 Å². The number of nitrogens with one attached hydrogen (secondary N) is 1. The zero-order valence-electron chi connectivity index (χ0n) is 12.6. The molecule has 0 bridgehead atoms. The Balaban J connectivity index is 0.00000154. The third-order valence-electron chi connectivity index (χ3n) is 2.67. The van der Waals surface area contributed by atoms with E-state index in [4.69, 9.17) is 11.6 Å². The summed E-state index contributed by atoms with van der Waals surface area (Å²) in [4.78, 5) is 0. The van der Waals surface area contributed by atoms with Crippen LogP contribution in [0.15, 0.2) is 30.4 Å². The van der Waals surface area contributed by atoms with Crippen molar-refractivity contribution in [1.29, 1.82) is 0 Å². The summed E-state index contributed by atoms with van der Waals surface area (Å²) in [5, 5.41) is 3.50. The van der Waals surface area contributed by atoms with Crippen LogP contribution in [0.4, 0.5) is 4.39 Å². The van der Waals surface area contributed by atoms with Crippen molar-refractivity contribution in [1.82, 2.24) is 5.32 Å². The van der Waals surface area contributed by atoms with Gasteiger partial charge in [-0.3, -0.25) is 0 Å². The van der Waals surface area contributed by atoms with E-state index in [0.717, 1.165) is 17.7 Å². The van der Waals surface area contributed by atoms with Gasteiger partial charge in [-0.25, -0.2) is 4.39 Å². The van der Waals surface area contributed by atoms with Crippen molar-refractivity contribution in [2.24, 2.45) is 0 Å². The second-order valence-corrected chi connectivity index (χ2v) is 5.04. The Labute approximate surface area is 121 Å². The van der Waals surface area contributed by atoms with E-state index in [2.05, 4.69) is 25.7 Å². The second-order valence-electron chi connectivity index (χ2n) is 4.64. The Morgan fingerprint density at radius 2 is 1.95 bits per heavy atom. The molecule has 19 heavy (non-hydrogen) atoms. The second kappa shape index (κ2) is 9.11. The Kier molecular flexibility index (Phi) is 8.70. The van der Waals surface area contributed by atoms with E-state index < -0.39 is 0 Å². The molecule has 1 N–H and O–H groups in total. The molecule has 1 unspecified atom stereocenters. The van der Waals surface area contributed by atoms with E-state index in [1.54, 1.807) is 6.07 Å². The first-order valence-electron chi connectivity index (χ1n) is 6.75. The molecular formula is C16H25ClFN. The number of halogens is 2. The Morgan fingerprint density at radius 1 is 1.37 bits per heavy atom. The molecule has 0 aromatic heterocycles. The quantitative estimate of drug-likeness (QED) is 0.737. The largest absolute Gasteiger partial charge is 0.314 e. The molecule has 0 amide bonds. The SMILES string of the molecule is C=C(C)C(CNC(C)C)c1ccc(Cl)c(F)c1.CC. The molecule has 1 nitrogen and oxygen atoms in total. The van der Waals surface area contributed by atoms with Crippen LogP contribution >= 0.6 is 11.6 Å². The van der Waals surface area contributed by atoms with E-state index in [9.17, 15) is 4.39 Å². The van der Waals surface area contributed by atoms with E-state index in [1.807, 2.05) is 26.8 Å². The predicted octanol–water partition coefficient (Wildman–Crippen LogP) is 5.16. The molecule has 0 saturated heterocycles. The van der Waals surface area contributed by atoms with E-state index in [-0.39, 0.29) is 16.8 Å². The molecule has 1 aromatic carbocycles. The van der Waals surface area contributed by atoms with Crippen LogP contribution in [0, 0.1) is 5.82 Å². The molecule has 1 atom stereocenters. The van der Waals surface area contributed by atoms with Gasteiger partial charge in [0.15, 0.2) is 0 Å². The van der Waals surface area contributed by atoms with Gasteiger partial charge in [0.25, 0.3) is 0 Å². The smallest absolute Gasteiger partial charge is 0.142 e. The van der Waals surface area contributed by atoms with Crippen LogP contribution < -0.4 is 5.32 Å². The first kappa shape index (κ1) is 18.1. The fraction of sp³-hybridized carbons (Fsp3) is 0.500. The van der Waals surface area contributed by atoms with Crippen LogP contribution in [-0.4, -0.2) is 12.6 Å². The Bertz CT molecular complexity index is 402. The summed E-state index contributed by atoms with van der Waals surface area (Å²) >= 11 is 5.68. The molecule has 3 heteroatoms. The summed E-state index contributed by atoms with van der Waals surface area (Å²) in [6.45, 7) is 14.8. The molecule has 0 spiro atoms. The third kappa shape index (κ3) is 6.22. The zero-order valence-corrected chi connectivity index (χ0v) is 13.3. The zero-order chi connectivity index (χ0) is 15.0. The van der Waals surface area contributed by atoms with Gasteiger partial charge in [-0.2, -0.15) is 0 Å². The maximum atomic E-state index is 13.4. The summed E-state index contributed by atoms with van der Waals surface area (Å²) in [5.74, 6) is -0.260. The van der Waals surface area contributed by atoms with E-state index in [1.165, 1.54) is 6.07 Å². The van der Waals surface area contributed by atoms with Crippen molar-refractivity contribution in [3.05, 3.63) is 46.8 Å². The standard InChI is InChI=1S/C14H19ClFN.C2H6/c1-9(2)12(8-17-10(3)4)11-5-6-13(15)14(16)7-11;1-2/h5-7,10,12,17H,1,8H2,2-4H3;1-2H3. The van der Waals surface area contributed by atoms with Crippen molar-refractivity contribution in [3.63, 3.8) is 0 Å². The number of benzene rings is 1. The number of hydrogen-bond acceptors (Lipinski definition) is 1. The first-order valence-corrected chi connectivity index (χ1v) is 7.13. The molecule has 0 aliphatic heterocycles. The van der Waals surface area contributed by atoms with Gasteiger partial charge >= 0.3 is 0 Å². The lowest BCUT2D eigenvalue weighted by Gasteiger charge is -2.20. The lowest BCUT2D eigenvalue weighted by molar-refractivity contribution is 0.555. The fourth-order valence-electron chi connectivity index (χ4n) is 1.66. The van der Waals surface area contributed by atoms with Crippen LogP contribution in [0.25, 0.3) is 0 Å². The van der Waals surface area contributed by atoms with Gasteiger partial charge in [0.05, 0.1) is 5.02 Å². The molecule has 0 heterocycles. The predicted molar refractivity (Wildman–Crippen MR) is 83.5 cm³/mol. The topological polar surface area (TPSA) is 12.0 Å². The first-order chi connectivity index (χ1) is 8.91. The number of hydrogen-bond donors (Lipinski definition) is 1. The molecule has 1 rings (SSSR count). The molecular weight excluding hydrogens is 261 g/mol. The third-order valence-corrected chi connectivity index (χ3v) is 2.98. The van der Waals surface area contributed by atoms with Gasteiger partial charge < -0.3 is 5.32 Å². The molecule has 0 aliphatic rings. The maximum Gasteiger partial charge on any atom is 0.142 e. The Morgan fingerprint density at radius 3 is 2.37 bits per heavy atom. The lowest BCUT2D eigenvalue weighted by Crippen LogP contribution is -2.28. The normalized spacial score (nSPS) is 11.8. The molecule has 0 fully saturated rings. The maximum absolute atomic E-state index is 13.4.